The second-order valence-corrected chi connectivity index (χ2v) is 9.33. The molecule has 0 radical (unpaired) electrons. The molecule has 2 aromatic carbocycles. The molecule has 2 N–H and O–H groups in total. The number of H-pyrrole nitrogens is 1. The van der Waals surface area contributed by atoms with Crippen LogP contribution in [0.3, 0.4) is 0 Å². The summed E-state index contributed by atoms with van der Waals surface area (Å²) in [5, 5.41) is 4.25. The Kier molecular flexibility index (Phi) is 6.53. The summed E-state index contributed by atoms with van der Waals surface area (Å²) in [6.07, 6.45) is 2.13. The van der Waals surface area contributed by atoms with E-state index in [0.717, 1.165) is 20.8 Å². The number of amides is 1. The number of rotatable bonds is 7. The van der Waals surface area contributed by atoms with Crippen molar-refractivity contribution in [3.8, 4) is 10.6 Å². The van der Waals surface area contributed by atoms with Crippen LogP contribution < -0.4 is 10.9 Å². The third-order valence-electron chi connectivity index (χ3n) is 4.85. The van der Waals surface area contributed by atoms with E-state index in [9.17, 15) is 9.59 Å². The molecule has 0 aliphatic rings. The monoisotopic (exact) mass is 462 g/mol. The van der Waals surface area contributed by atoms with Crippen LogP contribution in [0.15, 0.2) is 65.1 Å². The molecule has 0 unspecified atom stereocenters. The number of aromatic nitrogens is 3. The number of thiazole rings is 1. The van der Waals surface area contributed by atoms with Crippen LogP contribution in [-0.4, -0.2) is 26.6 Å². The molecule has 162 valence electrons. The Morgan fingerprint density at radius 1 is 1.19 bits per heavy atom. The van der Waals surface area contributed by atoms with Crippen molar-refractivity contribution in [3.05, 3.63) is 82.3 Å². The molecule has 2 heterocycles. The van der Waals surface area contributed by atoms with Gasteiger partial charge in [-0.3, -0.25) is 9.59 Å². The van der Waals surface area contributed by atoms with Gasteiger partial charge in [0.15, 0.2) is 5.16 Å². The topological polar surface area (TPSA) is 87.7 Å². The molecular formula is C24H22N4O2S2. The Bertz CT molecular complexity index is 1360. The van der Waals surface area contributed by atoms with Crippen LogP contribution in [0.4, 0.5) is 5.69 Å². The summed E-state index contributed by atoms with van der Waals surface area (Å²) < 4.78 is 1.16. The van der Waals surface area contributed by atoms with Gasteiger partial charge in [0.1, 0.15) is 5.01 Å². The number of benzene rings is 2. The van der Waals surface area contributed by atoms with Gasteiger partial charge in [-0.15, -0.1) is 17.9 Å². The van der Waals surface area contributed by atoms with E-state index >= 15 is 0 Å². The van der Waals surface area contributed by atoms with Gasteiger partial charge in [0.05, 0.1) is 16.0 Å². The molecule has 0 saturated heterocycles. The van der Waals surface area contributed by atoms with Gasteiger partial charge >= 0.3 is 0 Å². The average molecular weight is 463 g/mol. The lowest BCUT2D eigenvalue weighted by Gasteiger charge is -2.07. The molecule has 0 aliphatic carbocycles. The molecule has 0 bridgehead atoms. The lowest BCUT2D eigenvalue weighted by molar-refractivity contribution is -0.113. The van der Waals surface area contributed by atoms with Crippen molar-refractivity contribution in [1.29, 1.82) is 0 Å². The molecule has 0 aliphatic heterocycles. The third-order valence-corrected chi connectivity index (χ3v) is 6.79. The number of aryl methyl sites for hydroxylation is 2. The van der Waals surface area contributed by atoms with Crippen molar-refractivity contribution in [3.63, 3.8) is 0 Å². The minimum absolute atomic E-state index is 0.141. The summed E-state index contributed by atoms with van der Waals surface area (Å²) in [5.74, 6) is -0.0315. The van der Waals surface area contributed by atoms with E-state index in [4.69, 9.17) is 4.98 Å². The molecule has 0 saturated carbocycles. The number of thioether (sulfide) groups is 1. The molecule has 6 nitrogen and oxygen atoms in total. The lowest BCUT2D eigenvalue weighted by atomic mass is 10.2. The normalized spacial score (nSPS) is 10.9. The number of nitrogens with zero attached hydrogens (tertiary/aromatic N) is 2. The maximum atomic E-state index is 12.4. The minimum atomic E-state index is -0.194. The van der Waals surface area contributed by atoms with E-state index in [1.165, 1.54) is 17.3 Å². The summed E-state index contributed by atoms with van der Waals surface area (Å²) >= 11 is 2.85. The first-order valence-electron chi connectivity index (χ1n) is 10.0. The van der Waals surface area contributed by atoms with E-state index in [1.54, 1.807) is 24.3 Å². The van der Waals surface area contributed by atoms with Gasteiger partial charge < -0.3 is 10.3 Å². The van der Waals surface area contributed by atoms with Crippen molar-refractivity contribution >= 4 is 44.9 Å². The van der Waals surface area contributed by atoms with Gasteiger partial charge in [-0.2, -0.15) is 0 Å². The van der Waals surface area contributed by atoms with E-state index in [1.807, 2.05) is 30.3 Å². The van der Waals surface area contributed by atoms with Gasteiger partial charge in [0.2, 0.25) is 5.91 Å². The fraction of sp³-hybridized carbons (Fsp3) is 0.167. The van der Waals surface area contributed by atoms with Crippen LogP contribution in [0.25, 0.3) is 20.8 Å². The van der Waals surface area contributed by atoms with E-state index in [0.29, 0.717) is 28.5 Å². The molecule has 0 spiro atoms. The van der Waals surface area contributed by atoms with Crippen LogP contribution in [0.5, 0.6) is 0 Å². The van der Waals surface area contributed by atoms with Gasteiger partial charge in [0, 0.05) is 22.5 Å². The Morgan fingerprint density at radius 3 is 2.69 bits per heavy atom. The number of carbonyl (C=O) groups excluding carboxylic acids is 1. The molecule has 0 atom stereocenters. The van der Waals surface area contributed by atoms with E-state index in [-0.39, 0.29) is 17.2 Å². The van der Waals surface area contributed by atoms with Crippen LogP contribution >= 0.6 is 23.1 Å². The highest BCUT2D eigenvalue weighted by Gasteiger charge is 2.11. The van der Waals surface area contributed by atoms with Crippen molar-refractivity contribution in [1.82, 2.24) is 15.0 Å². The largest absolute Gasteiger partial charge is 0.325 e. The standard InChI is InChI=1S/C24H22N4O2S2/c1-4-5-18-15(3)25-24(28-22(18)30)31-13-21(29)26-17-9-7-16(8-10-17)23-27-19-11-6-14(2)12-20(19)32-23/h4,6-12H,1,5,13H2,2-3H3,(H,26,29)(H,25,28,30). The van der Waals surface area contributed by atoms with Crippen LogP contribution in [-0.2, 0) is 11.2 Å². The first-order valence-corrected chi connectivity index (χ1v) is 11.8. The highest BCUT2D eigenvalue weighted by molar-refractivity contribution is 7.99. The molecule has 2 aromatic heterocycles. The summed E-state index contributed by atoms with van der Waals surface area (Å²) in [5.41, 5.74) is 4.97. The number of fused-ring (bicyclic) bond motifs is 1. The average Bonchev–Trinajstić information content (AvgIpc) is 3.18. The smallest absolute Gasteiger partial charge is 0.255 e. The summed E-state index contributed by atoms with van der Waals surface area (Å²) in [6.45, 7) is 7.51. The SMILES string of the molecule is C=CCc1c(C)nc(SCC(=O)Nc2ccc(-c3nc4ccc(C)cc4s3)cc2)[nH]c1=O. The fourth-order valence-corrected chi connectivity index (χ4v) is 5.00. The number of hydrogen-bond donors (Lipinski definition) is 2. The molecule has 1 amide bonds. The Balaban J connectivity index is 1.38. The highest BCUT2D eigenvalue weighted by atomic mass is 32.2. The Morgan fingerprint density at radius 2 is 1.97 bits per heavy atom. The van der Waals surface area contributed by atoms with Gasteiger partial charge in [-0.1, -0.05) is 23.9 Å². The van der Waals surface area contributed by atoms with Crippen molar-refractivity contribution in [2.75, 3.05) is 11.1 Å². The predicted octanol–water partition coefficient (Wildman–Crippen LogP) is 5.12. The first-order chi connectivity index (χ1) is 15.4. The number of nitrogens with one attached hydrogen (secondary N) is 2. The van der Waals surface area contributed by atoms with Crippen LogP contribution in [0.2, 0.25) is 0 Å². The zero-order chi connectivity index (χ0) is 22.7. The second kappa shape index (κ2) is 9.50. The maximum Gasteiger partial charge on any atom is 0.255 e. The highest BCUT2D eigenvalue weighted by Crippen LogP contribution is 2.31. The van der Waals surface area contributed by atoms with Crippen LogP contribution in [0.1, 0.15) is 16.8 Å². The van der Waals surface area contributed by atoms with E-state index in [2.05, 4.69) is 40.9 Å². The molecule has 32 heavy (non-hydrogen) atoms. The quantitative estimate of drug-likeness (QED) is 0.226. The van der Waals surface area contributed by atoms with Crippen molar-refractivity contribution in [2.45, 2.75) is 25.4 Å². The third kappa shape index (κ3) is 4.98. The Hall–Kier alpha value is -3.23. The zero-order valence-corrected chi connectivity index (χ0v) is 19.4. The number of anilines is 1. The number of aromatic amines is 1. The van der Waals surface area contributed by atoms with Crippen LogP contribution in [0, 0.1) is 13.8 Å². The minimum Gasteiger partial charge on any atom is -0.325 e. The Labute approximate surface area is 193 Å². The summed E-state index contributed by atoms with van der Waals surface area (Å²) in [4.78, 5) is 36.3. The van der Waals surface area contributed by atoms with Gasteiger partial charge in [-0.25, -0.2) is 9.97 Å². The second-order valence-electron chi connectivity index (χ2n) is 7.33. The molecular weight excluding hydrogens is 440 g/mol. The maximum absolute atomic E-state index is 12.4. The molecule has 4 rings (SSSR count). The lowest BCUT2D eigenvalue weighted by Crippen LogP contribution is -2.18. The zero-order valence-electron chi connectivity index (χ0n) is 17.8. The van der Waals surface area contributed by atoms with Gasteiger partial charge in [-0.05, 0) is 62.2 Å². The number of allylic oxidation sites excluding steroid dienone is 1. The van der Waals surface area contributed by atoms with Crippen molar-refractivity contribution in [2.24, 2.45) is 0 Å². The summed E-state index contributed by atoms with van der Waals surface area (Å²) in [6, 6.07) is 13.9. The van der Waals surface area contributed by atoms with E-state index < -0.39 is 0 Å². The number of carbonyl (C=O) groups is 1. The number of hydrogen-bond acceptors (Lipinski definition) is 6. The predicted molar refractivity (Wildman–Crippen MR) is 133 cm³/mol. The first kappa shape index (κ1) is 22.0. The van der Waals surface area contributed by atoms with Gasteiger partial charge in [0.25, 0.3) is 5.56 Å². The molecule has 8 heteroatoms. The fourth-order valence-electron chi connectivity index (χ4n) is 3.22. The van der Waals surface area contributed by atoms with Crippen molar-refractivity contribution < 1.29 is 4.79 Å². The molecule has 0 fully saturated rings. The molecule has 4 aromatic rings. The summed E-state index contributed by atoms with van der Waals surface area (Å²) in [7, 11) is 0.